The van der Waals surface area contributed by atoms with Crippen LogP contribution >= 0.6 is 0 Å². The molecule has 0 bridgehead atoms. The van der Waals surface area contributed by atoms with Gasteiger partial charge in [-0.25, -0.2) is 0 Å². The van der Waals surface area contributed by atoms with Crippen LogP contribution in [0.1, 0.15) is 60.3 Å². The maximum atomic E-state index is 3.75. The predicted octanol–water partition coefficient (Wildman–Crippen LogP) is 4.08. The molecule has 1 N–H and O–H groups in total. The van der Waals surface area contributed by atoms with Crippen LogP contribution in [0.25, 0.3) is 0 Å². The summed E-state index contributed by atoms with van der Waals surface area (Å²) in [5.74, 6) is 3.46. The molecule has 0 radical (unpaired) electrons. The maximum absolute atomic E-state index is 3.75. The minimum Gasteiger partial charge on any atom is -0.314 e. The van der Waals surface area contributed by atoms with Gasteiger partial charge in [0.1, 0.15) is 0 Å². The van der Waals surface area contributed by atoms with Gasteiger partial charge in [0, 0.05) is 6.04 Å². The van der Waals surface area contributed by atoms with E-state index < -0.39 is 0 Å². The van der Waals surface area contributed by atoms with Crippen LogP contribution in [0.15, 0.2) is 0 Å². The molecule has 16 heavy (non-hydrogen) atoms. The van der Waals surface area contributed by atoms with E-state index in [-0.39, 0.29) is 0 Å². The third-order valence-electron chi connectivity index (χ3n) is 4.54. The highest BCUT2D eigenvalue weighted by atomic mass is 14.9. The van der Waals surface area contributed by atoms with Gasteiger partial charge in [-0.15, -0.1) is 0 Å². The van der Waals surface area contributed by atoms with Gasteiger partial charge in [-0.3, -0.25) is 0 Å². The Hall–Kier alpha value is -0.0400. The highest BCUT2D eigenvalue weighted by Crippen LogP contribution is 2.34. The Balaban J connectivity index is 2.60. The summed E-state index contributed by atoms with van der Waals surface area (Å²) >= 11 is 0. The molecule has 1 rings (SSSR count). The van der Waals surface area contributed by atoms with Crippen LogP contribution in [0.3, 0.4) is 0 Å². The summed E-state index contributed by atoms with van der Waals surface area (Å²) in [5, 5.41) is 3.75. The monoisotopic (exact) mass is 225 g/mol. The second-order valence-corrected chi connectivity index (χ2v) is 6.22. The van der Waals surface area contributed by atoms with Crippen LogP contribution in [0.5, 0.6) is 0 Å². The number of hydrogen-bond acceptors (Lipinski definition) is 1. The largest absolute Gasteiger partial charge is 0.314 e. The smallest absolute Gasteiger partial charge is 0.0123 e. The van der Waals surface area contributed by atoms with E-state index in [4.69, 9.17) is 0 Å². The Labute approximate surface area is 102 Å². The van der Waals surface area contributed by atoms with Crippen molar-refractivity contribution >= 4 is 0 Å². The summed E-state index contributed by atoms with van der Waals surface area (Å²) < 4.78 is 0. The zero-order valence-corrected chi connectivity index (χ0v) is 11.9. The molecule has 4 unspecified atom stereocenters. The minimum absolute atomic E-state index is 0.743. The third kappa shape index (κ3) is 3.76. The quantitative estimate of drug-likeness (QED) is 0.743. The van der Waals surface area contributed by atoms with Gasteiger partial charge >= 0.3 is 0 Å². The van der Waals surface area contributed by atoms with Crippen molar-refractivity contribution in [1.82, 2.24) is 5.32 Å². The van der Waals surface area contributed by atoms with Gasteiger partial charge in [0.2, 0.25) is 0 Å². The molecule has 1 aliphatic carbocycles. The molecule has 0 aliphatic heterocycles. The van der Waals surface area contributed by atoms with E-state index in [0.717, 1.165) is 36.3 Å². The zero-order chi connectivity index (χ0) is 12.1. The summed E-state index contributed by atoms with van der Waals surface area (Å²) in [4.78, 5) is 0. The first-order chi connectivity index (χ1) is 7.56. The molecule has 1 aliphatic rings. The lowest BCUT2D eigenvalue weighted by molar-refractivity contribution is 0.161. The lowest BCUT2D eigenvalue weighted by Crippen LogP contribution is -2.44. The average molecular weight is 225 g/mol. The summed E-state index contributed by atoms with van der Waals surface area (Å²) in [6, 6.07) is 0.743. The Morgan fingerprint density at radius 2 is 1.88 bits per heavy atom. The standard InChI is InChI=1S/C15H31N/c1-6-16-15(13(5)11(2)3)14-9-7-8-12(4)10-14/h11-16H,6-10H2,1-5H3. The van der Waals surface area contributed by atoms with Crippen molar-refractivity contribution in [1.29, 1.82) is 0 Å². The van der Waals surface area contributed by atoms with Gasteiger partial charge in [-0.2, -0.15) is 0 Å². The fraction of sp³-hybridized carbons (Fsp3) is 1.00. The van der Waals surface area contributed by atoms with Crippen LogP contribution in [0.2, 0.25) is 0 Å². The lowest BCUT2D eigenvalue weighted by atomic mass is 9.73. The van der Waals surface area contributed by atoms with E-state index in [1.807, 2.05) is 0 Å². The lowest BCUT2D eigenvalue weighted by Gasteiger charge is -2.38. The molecule has 4 atom stereocenters. The van der Waals surface area contributed by atoms with Crippen molar-refractivity contribution in [3.8, 4) is 0 Å². The van der Waals surface area contributed by atoms with Crippen LogP contribution < -0.4 is 5.32 Å². The molecular formula is C15H31N. The highest BCUT2D eigenvalue weighted by Gasteiger charge is 2.30. The Kier molecular flexibility index (Phi) is 5.82. The fourth-order valence-corrected chi connectivity index (χ4v) is 3.24. The second-order valence-electron chi connectivity index (χ2n) is 6.22. The molecule has 0 aromatic rings. The normalized spacial score (nSPS) is 30.4. The van der Waals surface area contributed by atoms with Crippen LogP contribution in [-0.4, -0.2) is 12.6 Å². The molecule has 0 aromatic carbocycles. The molecule has 0 amide bonds. The minimum atomic E-state index is 0.743. The molecule has 0 saturated heterocycles. The van der Waals surface area contributed by atoms with Crippen LogP contribution in [0, 0.1) is 23.7 Å². The van der Waals surface area contributed by atoms with Crippen molar-refractivity contribution in [3.63, 3.8) is 0 Å². The maximum Gasteiger partial charge on any atom is 0.0123 e. The molecule has 96 valence electrons. The molecule has 0 heterocycles. The summed E-state index contributed by atoms with van der Waals surface area (Å²) in [7, 11) is 0. The van der Waals surface area contributed by atoms with Crippen molar-refractivity contribution in [2.45, 2.75) is 66.3 Å². The van der Waals surface area contributed by atoms with E-state index >= 15 is 0 Å². The third-order valence-corrected chi connectivity index (χ3v) is 4.54. The predicted molar refractivity (Wildman–Crippen MR) is 72.6 cm³/mol. The van der Waals surface area contributed by atoms with Crippen LogP contribution in [0.4, 0.5) is 0 Å². The molecule has 1 saturated carbocycles. The van der Waals surface area contributed by atoms with Gasteiger partial charge in [0.25, 0.3) is 0 Å². The summed E-state index contributed by atoms with van der Waals surface area (Å²) in [6.45, 7) is 12.9. The van der Waals surface area contributed by atoms with Crippen molar-refractivity contribution in [2.24, 2.45) is 23.7 Å². The molecule has 0 spiro atoms. The Morgan fingerprint density at radius 1 is 1.19 bits per heavy atom. The zero-order valence-electron chi connectivity index (χ0n) is 11.9. The van der Waals surface area contributed by atoms with Crippen molar-refractivity contribution < 1.29 is 0 Å². The van der Waals surface area contributed by atoms with Gasteiger partial charge < -0.3 is 5.32 Å². The van der Waals surface area contributed by atoms with Gasteiger partial charge in [0.05, 0.1) is 0 Å². The topological polar surface area (TPSA) is 12.0 Å². The average Bonchev–Trinajstić information content (AvgIpc) is 2.24. The van der Waals surface area contributed by atoms with Gasteiger partial charge in [-0.1, -0.05) is 47.5 Å². The Morgan fingerprint density at radius 3 is 2.38 bits per heavy atom. The first kappa shape index (κ1) is 14.0. The van der Waals surface area contributed by atoms with Crippen molar-refractivity contribution in [2.75, 3.05) is 6.54 Å². The van der Waals surface area contributed by atoms with E-state index in [1.165, 1.54) is 25.7 Å². The molecule has 1 nitrogen and oxygen atoms in total. The molecule has 1 heteroatoms. The number of hydrogen-bond donors (Lipinski definition) is 1. The van der Waals surface area contributed by atoms with E-state index in [0.29, 0.717) is 0 Å². The van der Waals surface area contributed by atoms with Crippen LogP contribution in [-0.2, 0) is 0 Å². The molecule has 1 fully saturated rings. The Bertz CT molecular complexity index is 188. The fourth-order valence-electron chi connectivity index (χ4n) is 3.24. The van der Waals surface area contributed by atoms with Gasteiger partial charge in [-0.05, 0) is 43.1 Å². The van der Waals surface area contributed by atoms with Crippen molar-refractivity contribution in [3.05, 3.63) is 0 Å². The SMILES string of the molecule is CCNC(C1CCCC(C)C1)C(C)C(C)C. The van der Waals surface area contributed by atoms with E-state index in [2.05, 4.69) is 39.9 Å². The first-order valence-corrected chi connectivity index (χ1v) is 7.29. The van der Waals surface area contributed by atoms with Gasteiger partial charge in [0.15, 0.2) is 0 Å². The number of nitrogens with one attached hydrogen (secondary N) is 1. The molecule has 0 aromatic heterocycles. The van der Waals surface area contributed by atoms with E-state index in [9.17, 15) is 0 Å². The first-order valence-electron chi connectivity index (χ1n) is 7.29. The highest BCUT2D eigenvalue weighted by molar-refractivity contribution is 4.85. The van der Waals surface area contributed by atoms with E-state index in [1.54, 1.807) is 0 Å². The molecular weight excluding hydrogens is 194 g/mol. The summed E-state index contributed by atoms with van der Waals surface area (Å²) in [6.07, 6.45) is 5.78. The summed E-state index contributed by atoms with van der Waals surface area (Å²) in [5.41, 5.74) is 0. The second kappa shape index (κ2) is 6.64. The number of rotatable bonds is 5.